The van der Waals surface area contributed by atoms with Crippen molar-refractivity contribution in [2.24, 2.45) is 0 Å². The molecule has 96 valence electrons. The maximum Gasteiger partial charge on any atom is 0.343 e. The van der Waals surface area contributed by atoms with E-state index in [-0.39, 0.29) is 0 Å². The number of hydrogen-bond acceptors (Lipinski definition) is 4. The average Bonchev–Trinajstić information content (AvgIpc) is 2.42. The van der Waals surface area contributed by atoms with E-state index in [4.69, 9.17) is 4.74 Å². The van der Waals surface area contributed by atoms with E-state index < -0.39 is 6.03 Å². The first-order valence-corrected chi connectivity index (χ1v) is 5.74. The number of nitrogens with zero attached hydrogens (tertiary/aromatic N) is 2. The Bertz CT molecular complexity index is 404. The summed E-state index contributed by atoms with van der Waals surface area (Å²) in [6.45, 7) is 2.39. The van der Waals surface area contributed by atoms with Crippen LogP contribution < -0.4 is 10.3 Å². The van der Waals surface area contributed by atoms with Gasteiger partial charge in [0.2, 0.25) is 6.41 Å². The minimum Gasteiger partial charge on any atom is -0.379 e. The summed E-state index contributed by atoms with van der Waals surface area (Å²) in [4.78, 5) is 24.0. The van der Waals surface area contributed by atoms with Crippen LogP contribution in [0.15, 0.2) is 30.3 Å². The SMILES string of the molecule is O=CN(C(=O)NN1CCOCC1)c1ccccc1. The van der Waals surface area contributed by atoms with Crippen LogP contribution in [0.2, 0.25) is 0 Å². The number of ether oxygens (including phenoxy) is 1. The van der Waals surface area contributed by atoms with Crippen molar-refractivity contribution in [2.45, 2.75) is 0 Å². The highest BCUT2D eigenvalue weighted by Crippen LogP contribution is 2.11. The number of anilines is 1. The third-order valence-corrected chi connectivity index (χ3v) is 2.62. The van der Waals surface area contributed by atoms with Crippen LogP contribution in [0.25, 0.3) is 0 Å². The number of benzene rings is 1. The normalized spacial score (nSPS) is 16.0. The van der Waals surface area contributed by atoms with Crippen molar-refractivity contribution < 1.29 is 14.3 Å². The van der Waals surface area contributed by atoms with E-state index in [1.807, 2.05) is 6.07 Å². The molecule has 18 heavy (non-hydrogen) atoms. The Morgan fingerprint density at radius 3 is 2.56 bits per heavy atom. The molecule has 6 nitrogen and oxygen atoms in total. The van der Waals surface area contributed by atoms with E-state index in [2.05, 4.69) is 5.43 Å². The van der Waals surface area contributed by atoms with E-state index in [0.29, 0.717) is 38.4 Å². The van der Waals surface area contributed by atoms with E-state index in [1.54, 1.807) is 29.3 Å². The minimum atomic E-state index is -0.460. The largest absolute Gasteiger partial charge is 0.379 e. The van der Waals surface area contributed by atoms with Crippen LogP contribution in [0.3, 0.4) is 0 Å². The first-order valence-electron chi connectivity index (χ1n) is 5.74. The highest BCUT2D eigenvalue weighted by Gasteiger charge is 2.18. The number of rotatable bonds is 3. The summed E-state index contributed by atoms with van der Waals surface area (Å²) < 4.78 is 5.18. The second-order valence-corrected chi connectivity index (χ2v) is 3.83. The molecule has 0 aliphatic carbocycles. The molecule has 1 heterocycles. The zero-order chi connectivity index (χ0) is 12.8. The van der Waals surface area contributed by atoms with Gasteiger partial charge in [0.25, 0.3) is 0 Å². The van der Waals surface area contributed by atoms with Crippen LogP contribution in [-0.2, 0) is 9.53 Å². The smallest absolute Gasteiger partial charge is 0.343 e. The molecule has 1 fully saturated rings. The zero-order valence-electron chi connectivity index (χ0n) is 9.91. The molecule has 0 atom stereocenters. The summed E-state index contributed by atoms with van der Waals surface area (Å²) >= 11 is 0. The first-order chi connectivity index (χ1) is 8.81. The molecule has 0 spiro atoms. The fourth-order valence-corrected chi connectivity index (χ4v) is 1.68. The standard InChI is InChI=1S/C12H15N3O3/c16-10-15(11-4-2-1-3-5-11)12(17)13-14-6-8-18-9-7-14/h1-5,10H,6-9H2,(H,13,17). The van der Waals surface area contributed by atoms with Gasteiger partial charge >= 0.3 is 6.03 Å². The molecule has 1 aromatic carbocycles. The van der Waals surface area contributed by atoms with Crippen molar-refractivity contribution in [1.82, 2.24) is 10.4 Å². The maximum atomic E-state index is 11.9. The molecule has 1 saturated heterocycles. The summed E-state index contributed by atoms with van der Waals surface area (Å²) in [7, 11) is 0. The number of urea groups is 1. The van der Waals surface area contributed by atoms with Gasteiger partial charge < -0.3 is 4.74 Å². The summed E-state index contributed by atoms with van der Waals surface area (Å²) in [6.07, 6.45) is 0.505. The second-order valence-electron chi connectivity index (χ2n) is 3.83. The van der Waals surface area contributed by atoms with Crippen molar-refractivity contribution in [3.8, 4) is 0 Å². The Morgan fingerprint density at radius 1 is 1.28 bits per heavy atom. The quantitative estimate of drug-likeness (QED) is 0.797. The number of hydrogen-bond donors (Lipinski definition) is 1. The van der Waals surface area contributed by atoms with Crippen LogP contribution in [0, 0.1) is 0 Å². The van der Waals surface area contributed by atoms with E-state index >= 15 is 0 Å². The lowest BCUT2D eigenvalue weighted by Crippen LogP contribution is -2.52. The molecule has 6 heteroatoms. The number of morpholine rings is 1. The molecule has 1 aliphatic rings. The highest BCUT2D eigenvalue weighted by molar-refractivity contribution is 6.05. The van der Waals surface area contributed by atoms with Gasteiger partial charge in [0.1, 0.15) is 0 Å². The highest BCUT2D eigenvalue weighted by atomic mass is 16.5. The first kappa shape index (κ1) is 12.5. The summed E-state index contributed by atoms with van der Waals surface area (Å²) in [6, 6.07) is 8.31. The van der Waals surface area contributed by atoms with Crippen LogP contribution in [0.5, 0.6) is 0 Å². The monoisotopic (exact) mass is 249 g/mol. The van der Waals surface area contributed by atoms with Crippen molar-refractivity contribution in [3.63, 3.8) is 0 Å². The number of carbonyl (C=O) groups is 2. The third kappa shape index (κ3) is 3.06. The number of imide groups is 1. The minimum absolute atomic E-state index is 0.460. The Labute approximate surface area is 105 Å². The van der Waals surface area contributed by atoms with Crippen LogP contribution in [0.1, 0.15) is 0 Å². The van der Waals surface area contributed by atoms with E-state index in [0.717, 1.165) is 4.90 Å². The van der Waals surface area contributed by atoms with Crippen molar-refractivity contribution in [3.05, 3.63) is 30.3 Å². The Kier molecular flexibility index (Phi) is 4.27. The number of hydrazine groups is 1. The summed E-state index contributed by atoms with van der Waals surface area (Å²) in [5, 5.41) is 1.74. The molecule has 0 saturated carbocycles. The van der Waals surface area contributed by atoms with E-state index in [9.17, 15) is 9.59 Å². The van der Waals surface area contributed by atoms with Gasteiger partial charge in [-0.15, -0.1) is 0 Å². The maximum absolute atomic E-state index is 11.9. The van der Waals surface area contributed by atoms with Crippen molar-refractivity contribution in [2.75, 3.05) is 31.2 Å². The van der Waals surface area contributed by atoms with E-state index in [1.165, 1.54) is 0 Å². The Balaban J connectivity index is 1.99. The Morgan fingerprint density at radius 2 is 1.94 bits per heavy atom. The third-order valence-electron chi connectivity index (χ3n) is 2.62. The van der Waals surface area contributed by atoms with Crippen LogP contribution in [-0.4, -0.2) is 43.8 Å². The molecule has 0 bridgehead atoms. The molecule has 1 aromatic rings. The lowest BCUT2D eigenvalue weighted by Gasteiger charge is -2.28. The molecule has 0 radical (unpaired) electrons. The molecule has 2 rings (SSSR count). The zero-order valence-corrected chi connectivity index (χ0v) is 9.91. The summed E-state index contributed by atoms with van der Waals surface area (Å²) in [5.41, 5.74) is 3.22. The average molecular weight is 249 g/mol. The van der Waals surface area contributed by atoms with Gasteiger partial charge in [-0.25, -0.2) is 14.7 Å². The van der Waals surface area contributed by atoms with Gasteiger partial charge in [0.05, 0.1) is 18.9 Å². The predicted molar refractivity (Wildman–Crippen MR) is 65.9 cm³/mol. The predicted octanol–water partition coefficient (Wildman–Crippen LogP) is 0.606. The number of nitrogens with one attached hydrogen (secondary N) is 1. The molecule has 1 aliphatic heterocycles. The summed E-state index contributed by atoms with van der Waals surface area (Å²) in [5.74, 6) is 0. The molecule has 0 aromatic heterocycles. The van der Waals surface area contributed by atoms with Crippen molar-refractivity contribution >= 4 is 18.1 Å². The number of carbonyl (C=O) groups excluding carboxylic acids is 2. The fourth-order valence-electron chi connectivity index (χ4n) is 1.68. The second kappa shape index (κ2) is 6.13. The van der Waals surface area contributed by atoms with Gasteiger partial charge in [-0.1, -0.05) is 18.2 Å². The molecule has 0 unspecified atom stereocenters. The number of amides is 3. The lowest BCUT2D eigenvalue weighted by molar-refractivity contribution is -0.106. The van der Waals surface area contributed by atoms with Gasteiger partial charge in [-0.05, 0) is 12.1 Å². The van der Waals surface area contributed by atoms with Gasteiger partial charge in [-0.3, -0.25) is 10.2 Å². The number of para-hydroxylation sites is 1. The van der Waals surface area contributed by atoms with Gasteiger partial charge in [-0.2, -0.15) is 0 Å². The van der Waals surface area contributed by atoms with Gasteiger partial charge in [0.15, 0.2) is 0 Å². The lowest BCUT2D eigenvalue weighted by atomic mass is 10.3. The fraction of sp³-hybridized carbons (Fsp3) is 0.333. The molecule has 1 N–H and O–H groups in total. The molecular weight excluding hydrogens is 234 g/mol. The molecule has 3 amide bonds. The molecular formula is C12H15N3O3. The van der Waals surface area contributed by atoms with Gasteiger partial charge in [0, 0.05) is 13.1 Å². The van der Waals surface area contributed by atoms with Crippen molar-refractivity contribution in [1.29, 1.82) is 0 Å². The van der Waals surface area contributed by atoms with Crippen LogP contribution in [0.4, 0.5) is 10.5 Å². The Hall–Kier alpha value is -1.92. The topological polar surface area (TPSA) is 61.9 Å². The van der Waals surface area contributed by atoms with Crippen LogP contribution >= 0.6 is 0 Å².